The predicted octanol–water partition coefficient (Wildman–Crippen LogP) is 12.3. The molecule has 1 nitrogen and oxygen atoms in total. The molecule has 0 N–H and O–H groups in total. The lowest BCUT2D eigenvalue weighted by Gasteiger charge is -2.36. The fraction of sp³-hybridized carbons (Fsp3) is 0.0213. The molecule has 0 saturated heterocycles. The van der Waals surface area contributed by atoms with Crippen LogP contribution in [0.25, 0.3) is 44.2 Å². The molecule has 0 saturated carbocycles. The Morgan fingerprint density at radius 2 is 0.833 bits per heavy atom. The Hall–Kier alpha value is -6.18. The molecule has 0 aliphatic heterocycles. The molecule has 48 heavy (non-hydrogen) atoms. The van der Waals surface area contributed by atoms with Gasteiger partial charge in [0.1, 0.15) is 0 Å². The first-order valence-corrected chi connectivity index (χ1v) is 16.7. The van der Waals surface area contributed by atoms with Crippen LogP contribution in [0, 0.1) is 0 Å². The highest BCUT2D eigenvalue weighted by atomic mass is 15.1. The lowest BCUT2D eigenvalue weighted by atomic mass is 9.65. The molecule has 2 aliphatic carbocycles. The highest BCUT2D eigenvalue weighted by Crippen LogP contribution is 2.63. The van der Waals surface area contributed by atoms with E-state index in [0.717, 1.165) is 17.1 Å². The van der Waals surface area contributed by atoms with E-state index < -0.39 is 5.41 Å². The molecule has 0 heterocycles. The minimum absolute atomic E-state index is 0.546. The normalized spacial score (nSPS) is 15.2. The van der Waals surface area contributed by atoms with E-state index in [9.17, 15) is 0 Å². The van der Waals surface area contributed by atoms with Gasteiger partial charge in [-0.15, -0.1) is 0 Å². The van der Waals surface area contributed by atoms with E-state index in [-0.39, 0.29) is 0 Å². The van der Waals surface area contributed by atoms with Gasteiger partial charge in [-0.05, 0) is 103 Å². The lowest BCUT2D eigenvalue weighted by Crippen LogP contribution is -2.29. The van der Waals surface area contributed by atoms with E-state index in [1.165, 1.54) is 66.4 Å². The van der Waals surface area contributed by atoms with Crippen LogP contribution in [0.3, 0.4) is 0 Å². The van der Waals surface area contributed by atoms with Crippen molar-refractivity contribution in [2.75, 3.05) is 4.90 Å². The summed E-state index contributed by atoms with van der Waals surface area (Å²) in [5.74, 6) is 0. The Bertz CT molecular complexity index is 2470. The lowest BCUT2D eigenvalue weighted by molar-refractivity contribution is 0.776. The Balaban J connectivity index is 1.39. The summed E-state index contributed by atoms with van der Waals surface area (Å²) >= 11 is 0. The van der Waals surface area contributed by atoms with Gasteiger partial charge in [-0.25, -0.2) is 0 Å². The number of hydrogen-bond acceptors (Lipinski definition) is 1. The smallest absolute Gasteiger partial charge is 0.0726 e. The summed E-state index contributed by atoms with van der Waals surface area (Å²) in [5, 5.41) is 2.56. The first kappa shape index (κ1) is 27.0. The number of fused-ring (bicyclic) bond motifs is 14. The highest BCUT2D eigenvalue weighted by Gasteiger charge is 2.50. The molecular weight excluding hydrogens is 579 g/mol. The molecular formula is C47H31N. The van der Waals surface area contributed by atoms with Crippen LogP contribution < -0.4 is 4.90 Å². The predicted molar refractivity (Wildman–Crippen MR) is 200 cm³/mol. The zero-order chi connectivity index (χ0) is 31.7. The van der Waals surface area contributed by atoms with Crippen LogP contribution in [0.5, 0.6) is 0 Å². The number of nitrogens with zero attached hydrogens (tertiary/aromatic N) is 1. The fourth-order valence-electron chi connectivity index (χ4n) is 8.59. The summed E-state index contributed by atoms with van der Waals surface area (Å²) in [5.41, 5.74) is 15.9. The number of benzene rings is 8. The standard InChI is InChI=1S/C47H31N/c1-3-16-33(17-4-1)48(34-18-5-2-6-19-34)35-28-29-40-38-22-10-9-21-37(38)39-23-11-13-25-42(39)47(45(40)31-35)43-26-14-12-24-41(43)46-36-20-8-7-15-32(36)27-30-44(46)47/h1-31H. The van der Waals surface area contributed by atoms with Gasteiger partial charge in [0.2, 0.25) is 0 Å². The van der Waals surface area contributed by atoms with E-state index in [1.54, 1.807) is 0 Å². The van der Waals surface area contributed by atoms with Crippen molar-refractivity contribution in [3.05, 3.63) is 210 Å². The summed E-state index contributed by atoms with van der Waals surface area (Å²) in [6.07, 6.45) is 0. The van der Waals surface area contributed by atoms with Crippen LogP contribution >= 0.6 is 0 Å². The number of hydrogen-bond donors (Lipinski definition) is 0. The topological polar surface area (TPSA) is 3.24 Å². The fourth-order valence-corrected chi connectivity index (χ4v) is 8.59. The SMILES string of the molecule is c1ccc(N(c2ccccc2)c2ccc3c(c2)C2(c4ccccc4-c4ccccc4-3)c3ccccc3-c3c2ccc2ccccc32)cc1. The van der Waals surface area contributed by atoms with Gasteiger partial charge < -0.3 is 4.90 Å². The van der Waals surface area contributed by atoms with Crippen molar-refractivity contribution in [3.8, 4) is 33.4 Å². The van der Waals surface area contributed by atoms with E-state index in [1.807, 2.05) is 0 Å². The van der Waals surface area contributed by atoms with Gasteiger partial charge in [0.25, 0.3) is 0 Å². The molecule has 2 aliphatic rings. The first-order chi connectivity index (χ1) is 23.8. The Kier molecular flexibility index (Phi) is 5.86. The van der Waals surface area contributed by atoms with Crippen molar-refractivity contribution in [1.29, 1.82) is 0 Å². The van der Waals surface area contributed by atoms with E-state index in [2.05, 4.69) is 193 Å². The molecule has 0 aromatic heterocycles. The molecule has 8 aromatic rings. The van der Waals surface area contributed by atoms with Crippen LogP contribution in [0.15, 0.2) is 188 Å². The van der Waals surface area contributed by atoms with Crippen LogP contribution in [0.1, 0.15) is 22.3 Å². The highest BCUT2D eigenvalue weighted by molar-refractivity contribution is 6.06. The third-order valence-corrected chi connectivity index (χ3v) is 10.5. The third-order valence-electron chi connectivity index (χ3n) is 10.5. The second-order valence-electron chi connectivity index (χ2n) is 12.8. The largest absolute Gasteiger partial charge is 0.310 e. The van der Waals surface area contributed by atoms with Crippen molar-refractivity contribution < 1.29 is 0 Å². The molecule has 1 heteroatoms. The molecule has 8 aromatic carbocycles. The van der Waals surface area contributed by atoms with Gasteiger partial charge in [0.05, 0.1) is 5.41 Å². The molecule has 1 unspecified atom stereocenters. The molecule has 0 fully saturated rings. The summed E-state index contributed by atoms with van der Waals surface area (Å²) in [4.78, 5) is 2.39. The maximum absolute atomic E-state index is 2.48. The first-order valence-electron chi connectivity index (χ1n) is 16.7. The van der Waals surface area contributed by atoms with Gasteiger partial charge in [-0.3, -0.25) is 0 Å². The van der Waals surface area contributed by atoms with Crippen LogP contribution in [-0.2, 0) is 5.41 Å². The average molecular weight is 610 g/mol. The molecule has 0 bridgehead atoms. The molecule has 224 valence electrons. The monoisotopic (exact) mass is 609 g/mol. The molecule has 0 amide bonds. The van der Waals surface area contributed by atoms with Crippen LogP contribution in [-0.4, -0.2) is 0 Å². The van der Waals surface area contributed by atoms with Crippen molar-refractivity contribution in [3.63, 3.8) is 0 Å². The summed E-state index contributed by atoms with van der Waals surface area (Å²) < 4.78 is 0. The minimum Gasteiger partial charge on any atom is -0.310 e. The Morgan fingerprint density at radius 3 is 1.52 bits per heavy atom. The zero-order valence-electron chi connectivity index (χ0n) is 26.3. The van der Waals surface area contributed by atoms with Gasteiger partial charge in [0, 0.05) is 17.1 Å². The van der Waals surface area contributed by atoms with Gasteiger partial charge in [-0.1, -0.05) is 152 Å². The van der Waals surface area contributed by atoms with E-state index >= 15 is 0 Å². The average Bonchev–Trinajstić information content (AvgIpc) is 3.41. The zero-order valence-corrected chi connectivity index (χ0v) is 26.3. The van der Waals surface area contributed by atoms with Crippen molar-refractivity contribution in [2.24, 2.45) is 0 Å². The number of para-hydroxylation sites is 2. The van der Waals surface area contributed by atoms with Crippen molar-refractivity contribution >= 4 is 27.8 Å². The Labute approximate surface area is 281 Å². The Morgan fingerprint density at radius 1 is 0.312 bits per heavy atom. The second kappa shape index (κ2) is 10.4. The molecule has 0 radical (unpaired) electrons. The van der Waals surface area contributed by atoms with Crippen molar-refractivity contribution in [1.82, 2.24) is 0 Å². The second-order valence-corrected chi connectivity index (χ2v) is 12.8. The molecule has 10 rings (SSSR count). The van der Waals surface area contributed by atoms with E-state index in [0.29, 0.717) is 0 Å². The van der Waals surface area contributed by atoms with Crippen LogP contribution in [0.4, 0.5) is 17.1 Å². The third kappa shape index (κ3) is 3.67. The maximum atomic E-state index is 2.48. The summed E-state index contributed by atoms with van der Waals surface area (Å²) in [6, 6.07) is 69.4. The minimum atomic E-state index is -0.546. The van der Waals surface area contributed by atoms with Crippen LogP contribution in [0.2, 0.25) is 0 Å². The van der Waals surface area contributed by atoms with Crippen molar-refractivity contribution in [2.45, 2.75) is 5.41 Å². The summed E-state index contributed by atoms with van der Waals surface area (Å²) in [7, 11) is 0. The molecule has 1 atom stereocenters. The van der Waals surface area contributed by atoms with Gasteiger partial charge in [0.15, 0.2) is 0 Å². The number of rotatable bonds is 3. The van der Waals surface area contributed by atoms with E-state index in [4.69, 9.17) is 0 Å². The molecule has 1 spiro atoms. The quantitative estimate of drug-likeness (QED) is 0.193. The van der Waals surface area contributed by atoms with Gasteiger partial charge in [-0.2, -0.15) is 0 Å². The van der Waals surface area contributed by atoms with Gasteiger partial charge >= 0.3 is 0 Å². The maximum Gasteiger partial charge on any atom is 0.0726 e. The number of anilines is 3. The summed E-state index contributed by atoms with van der Waals surface area (Å²) in [6.45, 7) is 0.